The van der Waals surface area contributed by atoms with E-state index in [1.54, 1.807) is 6.07 Å². The van der Waals surface area contributed by atoms with Crippen LogP contribution in [-0.2, 0) is 0 Å². The van der Waals surface area contributed by atoms with Crippen LogP contribution >= 0.6 is 23.2 Å². The summed E-state index contributed by atoms with van der Waals surface area (Å²) in [6.45, 7) is 6.32. The van der Waals surface area contributed by atoms with Gasteiger partial charge in [0.15, 0.2) is 0 Å². The summed E-state index contributed by atoms with van der Waals surface area (Å²) in [5, 5.41) is 4.82. The molecule has 0 radical (unpaired) electrons. The summed E-state index contributed by atoms with van der Waals surface area (Å²) in [4.78, 5) is 0. The molecular formula is C13H17Cl2NO. The molecule has 0 amide bonds. The first-order valence-electron chi connectivity index (χ1n) is 5.89. The van der Waals surface area contributed by atoms with Gasteiger partial charge in [0.2, 0.25) is 0 Å². The summed E-state index contributed by atoms with van der Waals surface area (Å²) in [7, 11) is 0. The molecule has 2 atom stereocenters. The Balaban J connectivity index is 2.41. The molecule has 1 aromatic carbocycles. The van der Waals surface area contributed by atoms with Gasteiger partial charge < -0.3 is 10.1 Å². The fourth-order valence-corrected chi connectivity index (χ4v) is 2.87. The normalized spacial score (nSPS) is 23.4. The maximum atomic E-state index is 6.27. The Morgan fingerprint density at radius 2 is 2.06 bits per heavy atom. The van der Waals surface area contributed by atoms with Crippen LogP contribution in [0, 0.1) is 0 Å². The third-order valence-electron chi connectivity index (χ3n) is 2.84. The van der Waals surface area contributed by atoms with Gasteiger partial charge in [0.05, 0.1) is 11.1 Å². The fourth-order valence-electron chi connectivity index (χ4n) is 2.27. The number of hydrogen-bond acceptors (Lipinski definition) is 2. The van der Waals surface area contributed by atoms with E-state index < -0.39 is 0 Å². The van der Waals surface area contributed by atoms with Gasteiger partial charge in [0.1, 0.15) is 5.75 Å². The Morgan fingerprint density at radius 1 is 1.35 bits per heavy atom. The zero-order valence-electron chi connectivity index (χ0n) is 10.3. The van der Waals surface area contributed by atoms with Crippen molar-refractivity contribution in [2.24, 2.45) is 0 Å². The van der Waals surface area contributed by atoms with Crippen LogP contribution in [0.25, 0.3) is 0 Å². The van der Waals surface area contributed by atoms with Crippen LogP contribution in [0.3, 0.4) is 0 Å². The number of hydrogen-bond donors (Lipinski definition) is 1. The monoisotopic (exact) mass is 273 g/mol. The summed E-state index contributed by atoms with van der Waals surface area (Å²) in [5.74, 6) is 0.805. The van der Waals surface area contributed by atoms with Crippen molar-refractivity contribution < 1.29 is 4.74 Å². The van der Waals surface area contributed by atoms with Crippen molar-refractivity contribution in [3.8, 4) is 5.75 Å². The lowest BCUT2D eigenvalue weighted by Gasteiger charge is -2.33. The van der Waals surface area contributed by atoms with E-state index in [0.29, 0.717) is 16.1 Å². The van der Waals surface area contributed by atoms with Crippen molar-refractivity contribution in [3.63, 3.8) is 0 Å². The number of halogens is 2. The van der Waals surface area contributed by atoms with E-state index in [4.69, 9.17) is 27.9 Å². The molecule has 1 aliphatic heterocycles. The quantitative estimate of drug-likeness (QED) is 0.872. The average Bonchev–Trinajstić information content (AvgIpc) is 2.13. The highest BCUT2D eigenvalue weighted by Gasteiger charge is 2.28. The summed E-state index contributed by atoms with van der Waals surface area (Å²) in [6.07, 6.45) is 1.10. The minimum atomic E-state index is 0.174. The molecule has 1 aromatic rings. The molecule has 94 valence electrons. The largest absolute Gasteiger partial charge is 0.490 e. The zero-order chi connectivity index (χ0) is 12.6. The van der Waals surface area contributed by atoms with Crippen molar-refractivity contribution in [2.75, 3.05) is 0 Å². The molecule has 0 fully saturated rings. The van der Waals surface area contributed by atoms with E-state index in [1.807, 2.05) is 6.07 Å². The minimum absolute atomic E-state index is 0.174. The van der Waals surface area contributed by atoms with Gasteiger partial charge in [-0.25, -0.2) is 0 Å². The second-order valence-corrected chi connectivity index (χ2v) is 5.68. The Bertz CT molecular complexity index is 420. The number of nitrogens with one attached hydrogen (secondary N) is 1. The SMILES string of the molecule is CC(C)NC1CC(C)Oc2cc(Cl)cc(Cl)c21. The number of benzene rings is 1. The molecule has 2 unspecified atom stereocenters. The molecule has 0 saturated carbocycles. The van der Waals surface area contributed by atoms with Crippen molar-refractivity contribution in [1.82, 2.24) is 5.32 Å². The van der Waals surface area contributed by atoms with Crippen molar-refractivity contribution in [3.05, 3.63) is 27.7 Å². The lowest BCUT2D eigenvalue weighted by Crippen LogP contribution is -2.35. The molecule has 1 N–H and O–H groups in total. The molecule has 17 heavy (non-hydrogen) atoms. The summed E-state index contributed by atoms with van der Waals surface area (Å²) < 4.78 is 5.80. The Morgan fingerprint density at radius 3 is 2.71 bits per heavy atom. The second kappa shape index (κ2) is 5.05. The van der Waals surface area contributed by atoms with Gasteiger partial charge in [-0.2, -0.15) is 0 Å². The fraction of sp³-hybridized carbons (Fsp3) is 0.538. The maximum Gasteiger partial charge on any atom is 0.127 e. The van der Waals surface area contributed by atoms with Crippen molar-refractivity contribution in [2.45, 2.75) is 45.4 Å². The van der Waals surface area contributed by atoms with E-state index in [1.165, 1.54) is 0 Å². The highest BCUT2D eigenvalue weighted by atomic mass is 35.5. The van der Waals surface area contributed by atoms with E-state index in [2.05, 4.69) is 26.1 Å². The van der Waals surface area contributed by atoms with Crippen LogP contribution in [0.15, 0.2) is 12.1 Å². The Hall–Kier alpha value is -0.440. The van der Waals surface area contributed by atoms with E-state index in [0.717, 1.165) is 17.7 Å². The molecule has 1 heterocycles. The number of rotatable bonds is 2. The Labute approximate surface area is 112 Å². The maximum absolute atomic E-state index is 6.27. The van der Waals surface area contributed by atoms with Crippen molar-refractivity contribution >= 4 is 23.2 Å². The van der Waals surface area contributed by atoms with Crippen LogP contribution in [0.5, 0.6) is 5.75 Å². The zero-order valence-corrected chi connectivity index (χ0v) is 11.8. The first-order valence-corrected chi connectivity index (χ1v) is 6.64. The van der Waals surface area contributed by atoms with E-state index >= 15 is 0 Å². The number of fused-ring (bicyclic) bond motifs is 1. The van der Waals surface area contributed by atoms with Crippen LogP contribution in [0.4, 0.5) is 0 Å². The molecule has 0 bridgehead atoms. The van der Waals surface area contributed by atoms with Crippen molar-refractivity contribution in [1.29, 1.82) is 0 Å². The van der Waals surface area contributed by atoms with Crippen LogP contribution in [0.1, 0.15) is 38.8 Å². The van der Waals surface area contributed by atoms with Gasteiger partial charge in [0.25, 0.3) is 0 Å². The van der Waals surface area contributed by atoms with Gasteiger partial charge in [-0.15, -0.1) is 0 Å². The van der Waals surface area contributed by atoms with Crippen LogP contribution in [0.2, 0.25) is 10.0 Å². The third kappa shape index (κ3) is 2.87. The molecule has 0 aromatic heterocycles. The van der Waals surface area contributed by atoms with Gasteiger partial charge in [-0.1, -0.05) is 37.0 Å². The Kier molecular flexibility index (Phi) is 3.86. The molecule has 1 aliphatic rings. The molecule has 2 rings (SSSR count). The van der Waals surface area contributed by atoms with Crippen LogP contribution < -0.4 is 10.1 Å². The standard InChI is InChI=1S/C13H17Cl2NO/c1-7(2)16-11-4-8(3)17-12-6-9(14)5-10(15)13(11)12/h5-8,11,16H,4H2,1-3H3. The number of ether oxygens (including phenoxy) is 1. The van der Waals surface area contributed by atoms with Gasteiger partial charge in [0, 0.05) is 29.1 Å². The third-order valence-corrected chi connectivity index (χ3v) is 3.37. The second-order valence-electron chi connectivity index (χ2n) is 4.84. The molecular weight excluding hydrogens is 257 g/mol. The first kappa shape index (κ1) is 13.0. The van der Waals surface area contributed by atoms with E-state index in [-0.39, 0.29) is 12.1 Å². The molecule has 0 spiro atoms. The minimum Gasteiger partial charge on any atom is -0.490 e. The predicted molar refractivity (Wildman–Crippen MR) is 72.2 cm³/mol. The highest BCUT2D eigenvalue weighted by molar-refractivity contribution is 6.35. The predicted octanol–water partition coefficient (Wildman–Crippen LogP) is 4.20. The topological polar surface area (TPSA) is 21.3 Å². The lowest BCUT2D eigenvalue weighted by molar-refractivity contribution is 0.163. The highest BCUT2D eigenvalue weighted by Crippen LogP contribution is 2.41. The lowest BCUT2D eigenvalue weighted by atomic mass is 9.96. The summed E-state index contributed by atoms with van der Waals surface area (Å²) in [6, 6.07) is 4.26. The molecule has 0 saturated heterocycles. The molecule has 2 nitrogen and oxygen atoms in total. The molecule has 4 heteroatoms. The van der Waals surface area contributed by atoms with E-state index in [9.17, 15) is 0 Å². The van der Waals surface area contributed by atoms with Gasteiger partial charge in [-0.3, -0.25) is 0 Å². The van der Waals surface area contributed by atoms with Gasteiger partial charge >= 0.3 is 0 Å². The summed E-state index contributed by atoms with van der Waals surface area (Å²) in [5.41, 5.74) is 1.03. The molecule has 0 aliphatic carbocycles. The first-order chi connectivity index (χ1) is 7.97. The van der Waals surface area contributed by atoms with Gasteiger partial charge in [-0.05, 0) is 19.1 Å². The smallest absolute Gasteiger partial charge is 0.127 e. The van der Waals surface area contributed by atoms with Crippen LogP contribution in [-0.4, -0.2) is 12.1 Å². The summed E-state index contributed by atoms with van der Waals surface area (Å²) >= 11 is 12.3. The average molecular weight is 274 g/mol.